The second-order valence-corrected chi connectivity index (χ2v) is 4.43. The molecule has 1 aromatic carbocycles. The van der Waals surface area contributed by atoms with E-state index >= 15 is 0 Å². The fraction of sp³-hybridized carbons (Fsp3) is 0.571. The van der Waals surface area contributed by atoms with E-state index in [0.717, 1.165) is 30.8 Å². The first-order valence-corrected chi connectivity index (χ1v) is 6.40. The molecule has 0 aliphatic heterocycles. The van der Waals surface area contributed by atoms with Gasteiger partial charge in [0.05, 0.1) is 20.8 Å². The van der Waals surface area contributed by atoms with Crippen molar-refractivity contribution in [3.05, 3.63) is 23.3 Å². The van der Waals surface area contributed by atoms with Crippen molar-refractivity contribution >= 4 is 0 Å². The molecule has 0 saturated carbocycles. The first kappa shape index (κ1) is 13.2. The average Bonchev–Trinajstić information content (AvgIpc) is 2.43. The summed E-state index contributed by atoms with van der Waals surface area (Å²) < 4.78 is 10.8. The number of hydrogen-bond donors (Lipinski definition) is 1. The standard InChI is InChI=1S/C14H21NO3/c1-4-18-15-11-6-7-12-10(9-11)5-8-13(16-2)14(12)17-3/h5,8,11,15H,4,6-7,9H2,1-3H3. The van der Waals surface area contributed by atoms with Gasteiger partial charge in [0.25, 0.3) is 0 Å². The fourth-order valence-electron chi connectivity index (χ4n) is 2.48. The number of ether oxygens (including phenoxy) is 2. The van der Waals surface area contributed by atoms with Crippen LogP contribution in [0.1, 0.15) is 24.5 Å². The molecule has 1 N–H and O–H groups in total. The van der Waals surface area contributed by atoms with E-state index in [1.165, 1.54) is 11.1 Å². The second-order valence-electron chi connectivity index (χ2n) is 4.43. The van der Waals surface area contributed by atoms with Crippen molar-refractivity contribution in [1.29, 1.82) is 0 Å². The van der Waals surface area contributed by atoms with Gasteiger partial charge in [-0.25, -0.2) is 0 Å². The second kappa shape index (κ2) is 6.07. The highest BCUT2D eigenvalue weighted by Crippen LogP contribution is 2.37. The third-order valence-corrected chi connectivity index (χ3v) is 3.35. The smallest absolute Gasteiger partial charge is 0.164 e. The zero-order chi connectivity index (χ0) is 13.0. The van der Waals surface area contributed by atoms with Crippen LogP contribution in [0, 0.1) is 0 Å². The summed E-state index contributed by atoms with van der Waals surface area (Å²) in [6, 6.07) is 4.48. The lowest BCUT2D eigenvalue weighted by molar-refractivity contribution is 0.0211. The fourth-order valence-corrected chi connectivity index (χ4v) is 2.48. The molecule has 0 bridgehead atoms. The van der Waals surface area contributed by atoms with E-state index in [2.05, 4.69) is 11.5 Å². The van der Waals surface area contributed by atoms with E-state index in [1.807, 2.05) is 13.0 Å². The molecule has 1 atom stereocenters. The Morgan fingerprint density at radius 3 is 2.78 bits per heavy atom. The molecule has 100 valence electrons. The van der Waals surface area contributed by atoms with E-state index in [4.69, 9.17) is 14.3 Å². The van der Waals surface area contributed by atoms with Gasteiger partial charge in [0.2, 0.25) is 0 Å². The monoisotopic (exact) mass is 251 g/mol. The summed E-state index contributed by atoms with van der Waals surface area (Å²) in [6.07, 6.45) is 3.01. The summed E-state index contributed by atoms with van der Waals surface area (Å²) in [4.78, 5) is 5.28. The van der Waals surface area contributed by atoms with Crippen LogP contribution in [-0.2, 0) is 17.7 Å². The van der Waals surface area contributed by atoms with E-state index < -0.39 is 0 Å². The summed E-state index contributed by atoms with van der Waals surface area (Å²) in [5.74, 6) is 1.69. The number of hydrogen-bond acceptors (Lipinski definition) is 4. The van der Waals surface area contributed by atoms with Crippen LogP contribution >= 0.6 is 0 Å². The molecule has 1 aliphatic rings. The molecular formula is C14H21NO3. The van der Waals surface area contributed by atoms with Crippen LogP contribution in [0.15, 0.2) is 12.1 Å². The topological polar surface area (TPSA) is 39.7 Å². The molecule has 0 radical (unpaired) electrons. The summed E-state index contributed by atoms with van der Waals surface area (Å²) in [6.45, 7) is 2.67. The number of benzene rings is 1. The van der Waals surface area contributed by atoms with Gasteiger partial charge < -0.3 is 14.3 Å². The first-order chi connectivity index (χ1) is 8.80. The van der Waals surface area contributed by atoms with E-state index in [9.17, 15) is 0 Å². The van der Waals surface area contributed by atoms with Crippen LogP contribution in [0.4, 0.5) is 0 Å². The number of rotatable bonds is 5. The minimum Gasteiger partial charge on any atom is -0.493 e. The maximum Gasteiger partial charge on any atom is 0.164 e. The number of methoxy groups -OCH3 is 2. The molecule has 1 aromatic rings. The van der Waals surface area contributed by atoms with Gasteiger partial charge in [-0.05, 0) is 37.8 Å². The van der Waals surface area contributed by atoms with Gasteiger partial charge in [-0.3, -0.25) is 0 Å². The Bertz CT molecular complexity index is 406. The Kier molecular flexibility index (Phi) is 4.44. The van der Waals surface area contributed by atoms with Crippen LogP contribution < -0.4 is 15.0 Å². The molecule has 4 heteroatoms. The first-order valence-electron chi connectivity index (χ1n) is 6.40. The summed E-state index contributed by atoms with van der Waals surface area (Å²) >= 11 is 0. The van der Waals surface area contributed by atoms with Crippen molar-refractivity contribution in [2.24, 2.45) is 0 Å². The molecule has 0 saturated heterocycles. The number of nitrogens with one attached hydrogen (secondary N) is 1. The van der Waals surface area contributed by atoms with Crippen LogP contribution in [0.5, 0.6) is 11.5 Å². The lowest BCUT2D eigenvalue weighted by Crippen LogP contribution is -2.34. The molecule has 0 fully saturated rings. The molecule has 0 heterocycles. The molecule has 18 heavy (non-hydrogen) atoms. The normalized spacial score (nSPS) is 18.3. The molecular weight excluding hydrogens is 230 g/mol. The average molecular weight is 251 g/mol. The lowest BCUT2D eigenvalue weighted by atomic mass is 9.88. The molecule has 0 amide bonds. The Balaban J connectivity index is 2.19. The van der Waals surface area contributed by atoms with E-state index in [1.54, 1.807) is 14.2 Å². The molecule has 1 aliphatic carbocycles. The highest BCUT2D eigenvalue weighted by molar-refractivity contribution is 5.52. The van der Waals surface area contributed by atoms with Crippen molar-refractivity contribution in [3.8, 4) is 11.5 Å². The molecule has 1 unspecified atom stereocenters. The minimum absolute atomic E-state index is 0.385. The highest BCUT2D eigenvalue weighted by atomic mass is 16.6. The zero-order valence-corrected chi connectivity index (χ0v) is 11.3. The van der Waals surface area contributed by atoms with Gasteiger partial charge in [-0.2, -0.15) is 5.48 Å². The van der Waals surface area contributed by atoms with Gasteiger partial charge in [-0.15, -0.1) is 0 Å². The van der Waals surface area contributed by atoms with Crippen molar-refractivity contribution in [2.75, 3.05) is 20.8 Å². The third-order valence-electron chi connectivity index (χ3n) is 3.35. The van der Waals surface area contributed by atoms with Gasteiger partial charge in [0, 0.05) is 11.6 Å². The molecule has 0 aromatic heterocycles. The Morgan fingerprint density at radius 2 is 2.11 bits per heavy atom. The maximum atomic E-state index is 5.47. The van der Waals surface area contributed by atoms with Gasteiger partial charge in [-0.1, -0.05) is 6.07 Å². The number of fused-ring (bicyclic) bond motifs is 1. The largest absolute Gasteiger partial charge is 0.493 e. The maximum absolute atomic E-state index is 5.47. The van der Waals surface area contributed by atoms with E-state index in [-0.39, 0.29) is 0 Å². The predicted molar refractivity (Wildman–Crippen MR) is 70.1 cm³/mol. The SMILES string of the molecule is CCONC1CCc2c(ccc(OC)c2OC)C1. The predicted octanol–water partition coefficient (Wildman–Crippen LogP) is 2.10. The molecule has 4 nitrogen and oxygen atoms in total. The molecule has 0 spiro atoms. The van der Waals surface area contributed by atoms with Crippen LogP contribution in [0.2, 0.25) is 0 Å². The third kappa shape index (κ3) is 2.60. The summed E-state index contributed by atoms with van der Waals surface area (Å²) in [5.41, 5.74) is 5.69. The van der Waals surface area contributed by atoms with Gasteiger partial charge in [0.1, 0.15) is 0 Å². The minimum atomic E-state index is 0.385. The summed E-state index contributed by atoms with van der Waals surface area (Å²) in [5, 5.41) is 0. The van der Waals surface area contributed by atoms with Crippen molar-refractivity contribution in [2.45, 2.75) is 32.2 Å². The Morgan fingerprint density at radius 1 is 1.28 bits per heavy atom. The Labute approximate surface area is 108 Å². The lowest BCUT2D eigenvalue weighted by Gasteiger charge is -2.27. The van der Waals surface area contributed by atoms with Crippen molar-refractivity contribution in [3.63, 3.8) is 0 Å². The van der Waals surface area contributed by atoms with Crippen LogP contribution in [-0.4, -0.2) is 26.9 Å². The van der Waals surface area contributed by atoms with Gasteiger partial charge in [0.15, 0.2) is 11.5 Å². The van der Waals surface area contributed by atoms with Crippen molar-refractivity contribution < 1.29 is 14.3 Å². The number of hydroxylamine groups is 1. The highest BCUT2D eigenvalue weighted by Gasteiger charge is 2.23. The van der Waals surface area contributed by atoms with Crippen LogP contribution in [0.25, 0.3) is 0 Å². The quantitative estimate of drug-likeness (QED) is 0.814. The van der Waals surface area contributed by atoms with Crippen LogP contribution in [0.3, 0.4) is 0 Å². The zero-order valence-electron chi connectivity index (χ0n) is 11.3. The van der Waals surface area contributed by atoms with Crippen molar-refractivity contribution in [1.82, 2.24) is 5.48 Å². The van der Waals surface area contributed by atoms with Gasteiger partial charge >= 0.3 is 0 Å². The Hall–Kier alpha value is -1.26. The van der Waals surface area contributed by atoms with E-state index in [0.29, 0.717) is 12.6 Å². The summed E-state index contributed by atoms with van der Waals surface area (Å²) in [7, 11) is 3.37. The molecule has 2 rings (SSSR count).